The molecule has 2 aromatic heterocycles. The van der Waals surface area contributed by atoms with E-state index in [0.717, 1.165) is 58.2 Å². The van der Waals surface area contributed by atoms with Gasteiger partial charge in [0.15, 0.2) is 0 Å². The zero-order chi connectivity index (χ0) is 29.1. The van der Waals surface area contributed by atoms with Crippen molar-refractivity contribution in [3.63, 3.8) is 0 Å². The molecule has 4 aromatic rings. The summed E-state index contributed by atoms with van der Waals surface area (Å²) in [7, 11) is 8.12. The smallest absolute Gasteiger partial charge is 0.266 e. The molecule has 216 valence electrons. The Bertz CT molecular complexity index is 1500. The van der Waals surface area contributed by atoms with Crippen LogP contribution >= 0.6 is 22.9 Å². The number of fused-ring (bicyclic) bond motifs is 1. The number of hydrogen-bond acceptors (Lipinski definition) is 7. The second kappa shape index (κ2) is 12.8. The molecule has 1 aliphatic carbocycles. The van der Waals surface area contributed by atoms with Gasteiger partial charge in [-0.3, -0.25) is 4.79 Å². The Morgan fingerprint density at radius 1 is 0.976 bits per heavy atom. The van der Waals surface area contributed by atoms with Crippen LogP contribution in [0.1, 0.15) is 47.8 Å². The maximum absolute atomic E-state index is 14.4. The van der Waals surface area contributed by atoms with Gasteiger partial charge in [0.1, 0.15) is 10.6 Å². The first kappa shape index (κ1) is 29.3. The molecule has 0 N–H and O–H groups in total. The molecule has 0 radical (unpaired) electrons. The van der Waals surface area contributed by atoms with Gasteiger partial charge in [-0.25, -0.2) is 9.97 Å². The molecular formula is C32H38ClN5O2S. The van der Waals surface area contributed by atoms with Crippen molar-refractivity contribution in [2.75, 3.05) is 39.7 Å². The topological polar surface area (TPSA) is 61.8 Å². The maximum Gasteiger partial charge on any atom is 0.266 e. The molecule has 9 heteroatoms. The Morgan fingerprint density at radius 2 is 1.66 bits per heavy atom. The summed E-state index contributed by atoms with van der Waals surface area (Å²) in [5, 5.41) is 1.47. The van der Waals surface area contributed by atoms with Crippen LogP contribution in [-0.4, -0.2) is 72.6 Å². The molecule has 1 fully saturated rings. The van der Waals surface area contributed by atoms with Gasteiger partial charge in [0.25, 0.3) is 5.91 Å². The number of aromatic nitrogens is 2. The molecule has 1 aliphatic rings. The molecule has 5 rings (SSSR count). The monoisotopic (exact) mass is 591 g/mol. The van der Waals surface area contributed by atoms with Gasteiger partial charge in [-0.15, -0.1) is 11.3 Å². The lowest BCUT2D eigenvalue weighted by molar-refractivity contribution is 0.0572. The molecule has 0 aliphatic heterocycles. The quantitative estimate of drug-likeness (QED) is 0.209. The van der Waals surface area contributed by atoms with Gasteiger partial charge in [-0.2, -0.15) is 0 Å². The van der Waals surface area contributed by atoms with Gasteiger partial charge in [-0.1, -0.05) is 35.9 Å². The molecule has 2 aromatic carbocycles. The lowest BCUT2D eigenvalue weighted by Crippen LogP contribution is -2.44. The highest BCUT2D eigenvalue weighted by atomic mass is 35.5. The van der Waals surface area contributed by atoms with E-state index in [9.17, 15) is 4.79 Å². The fourth-order valence-corrected chi connectivity index (χ4v) is 7.07. The number of nitrogens with zero attached hydrogens (tertiary/aromatic N) is 5. The summed E-state index contributed by atoms with van der Waals surface area (Å²) in [5.41, 5.74) is 2.86. The van der Waals surface area contributed by atoms with Crippen LogP contribution in [0, 0.1) is 0 Å². The van der Waals surface area contributed by atoms with Gasteiger partial charge >= 0.3 is 0 Å². The molecule has 0 bridgehead atoms. The molecule has 7 nitrogen and oxygen atoms in total. The van der Waals surface area contributed by atoms with E-state index in [1.165, 1.54) is 11.3 Å². The number of ether oxygens (including phenoxy) is 1. The van der Waals surface area contributed by atoms with Crippen molar-refractivity contribution in [1.29, 1.82) is 0 Å². The van der Waals surface area contributed by atoms with Gasteiger partial charge in [0.05, 0.1) is 11.6 Å². The predicted molar refractivity (Wildman–Crippen MR) is 169 cm³/mol. The number of rotatable bonds is 9. The predicted octanol–water partition coefficient (Wildman–Crippen LogP) is 6.99. The SMILES string of the molecule is CCOc1ccc(-c2cnc(N(C)C)nc2)cc1CN(C(=O)c1sc2ccccc2c1Cl)[C@H]1CC[C@H](N(C)C)CC1. The van der Waals surface area contributed by atoms with E-state index < -0.39 is 0 Å². The summed E-state index contributed by atoms with van der Waals surface area (Å²) in [6.45, 7) is 2.95. The summed E-state index contributed by atoms with van der Waals surface area (Å²) < 4.78 is 7.09. The number of carbonyl (C=O) groups is 1. The second-order valence-corrected chi connectivity index (χ2v) is 12.5. The number of anilines is 1. The summed E-state index contributed by atoms with van der Waals surface area (Å²) >= 11 is 8.31. The number of thiophene rings is 1. The Balaban J connectivity index is 1.52. The zero-order valence-corrected chi connectivity index (χ0v) is 26.0. The van der Waals surface area contributed by atoms with Crippen molar-refractivity contribution in [1.82, 2.24) is 19.8 Å². The first-order valence-corrected chi connectivity index (χ1v) is 15.4. The highest BCUT2D eigenvalue weighted by Gasteiger charge is 2.33. The van der Waals surface area contributed by atoms with Crippen LogP contribution in [0.2, 0.25) is 5.02 Å². The van der Waals surface area contributed by atoms with E-state index in [1.807, 2.05) is 79.6 Å². The molecule has 0 saturated heterocycles. The van der Waals surface area contributed by atoms with Gasteiger partial charge in [0, 0.05) is 66.3 Å². The number of halogens is 1. The fraction of sp³-hybridized carbons (Fsp3) is 0.406. The summed E-state index contributed by atoms with van der Waals surface area (Å²) in [6, 6.07) is 14.7. The van der Waals surface area contributed by atoms with Crippen molar-refractivity contribution in [2.45, 2.75) is 51.2 Å². The van der Waals surface area contributed by atoms with E-state index in [2.05, 4.69) is 35.0 Å². The van der Waals surface area contributed by atoms with Crippen LogP contribution in [0.15, 0.2) is 54.9 Å². The van der Waals surface area contributed by atoms with Crippen molar-refractivity contribution >= 4 is 44.9 Å². The molecule has 0 atom stereocenters. The van der Waals surface area contributed by atoms with Crippen LogP contribution in [0.5, 0.6) is 5.75 Å². The highest BCUT2D eigenvalue weighted by Crippen LogP contribution is 2.38. The molecule has 41 heavy (non-hydrogen) atoms. The summed E-state index contributed by atoms with van der Waals surface area (Å²) in [6.07, 6.45) is 7.67. The third kappa shape index (κ3) is 6.35. The average molecular weight is 592 g/mol. The van der Waals surface area contributed by atoms with Gasteiger partial charge in [-0.05, 0) is 70.5 Å². The van der Waals surface area contributed by atoms with Crippen LogP contribution in [0.3, 0.4) is 0 Å². The summed E-state index contributed by atoms with van der Waals surface area (Å²) in [4.78, 5) is 30.2. The normalized spacial score (nSPS) is 17.1. The fourth-order valence-electron chi connectivity index (χ4n) is 5.60. The van der Waals surface area contributed by atoms with Crippen LogP contribution in [0.25, 0.3) is 21.2 Å². The van der Waals surface area contributed by atoms with Crippen molar-refractivity contribution in [3.8, 4) is 16.9 Å². The van der Waals surface area contributed by atoms with E-state index in [1.54, 1.807) is 0 Å². The molecule has 0 unspecified atom stereocenters. The lowest BCUT2D eigenvalue weighted by Gasteiger charge is -2.39. The molecule has 0 spiro atoms. The Labute approximate surface area is 251 Å². The van der Waals surface area contributed by atoms with Crippen LogP contribution in [-0.2, 0) is 6.54 Å². The van der Waals surface area contributed by atoms with Crippen LogP contribution < -0.4 is 9.64 Å². The minimum absolute atomic E-state index is 0.0176. The number of carbonyl (C=O) groups excluding carboxylic acids is 1. The molecule has 1 saturated carbocycles. The summed E-state index contributed by atoms with van der Waals surface area (Å²) in [5.74, 6) is 1.42. The van der Waals surface area contributed by atoms with Crippen molar-refractivity contribution in [2.24, 2.45) is 0 Å². The molecule has 1 amide bonds. The minimum Gasteiger partial charge on any atom is -0.494 e. The van der Waals surface area contributed by atoms with Crippen molar-refractivity contribution in [3.05, 3.63) is 70.3 Å². The second-order valence-electron chi connectivity index (χ2n) is 11.0. The average Bonchev–Trinajstić information content (AvgIpc) is 3.32. The Kier molecular flexibility index (Phi) is 9.12. The molecule has 2 heterocycles. The Morgan fingerprint density at radius 3 is 2.29 bits per heavy atom. The van der Waals surface area contributed by atoms with Gasteiger partial charge in [0.2, 0.25) is 5.95 Å². The van der Waals surface area contributed by atoms with E-state index in [-0.39, 0.29) is 11.9 Å². The van der Waals surface area contributed by atoms with E-state index in [0.29, 0.717) is 35.0 Å². The first-order chi connectivity index (χ1) is 19.8. The Hall–Kier alpha value is -3.20. The number of amides is 1. The lowest BCUT2D eigenvalue weighted by atomic mass is 9.89. The maximum atomic E-state index is 14.4. The third-order valence-corrected chi connectivity index (χ3v) is 9.56. The number of benzene rings is 2. The highest BCUT2D eigenvalue weighted by molar-refractivity contribution is 7.21. The standard InChI is InChI=1S/C32H38ClN5O2S/c1-6-40-27-16-11-21(23-18-34-32(35-19-23)37(4)5)17-22(27)20-38(25-14-12-24(13-15-25)36(2)3)31(39)30-29(33)26-9-7-8-10-28(26)41-30/h7-11,16-19,24-25H,6,12-15,20H2,1-5H3/t24-,25-. The van der Waals surface area contributed by atoms with Crippen molar-refractivity contribution < 1.29 is 9.53 Å². The molecular weight excluding hydrogens is 554 g/mol. The van der Waals surface area contributed by atoms with E-state index >= 15 is 0 Å². The third-order valence-electron chi connectivity index (χ3n) is 7.90. The first-order valence-electron chi connectivity index (χ1n) is 14.2. The minimum atomic E-state index is -0.0176. The van der Waals surface area contributed by atoms with Crippen LogP contribution in [0.4, 0.5) is 5.95 Å². The van der Waals surface area contributed by atoms with E-state index in [4.69, 9.17) is 16.3 Å². The number of hydrogen-bond donors (Lipinski definition) is 0. The largest absolute Gasteiger partial charge is 0.494 e. The zero-order valence-electron chi connectivity index (χ0n) is 24.4. The van der Waals surface area contributed by atoms with Gasteiger partial charge < -0.3 is 19.4 Å².